The fourth-order valence-corrected chi connectivity index (χ4v) is 2.04. The van der Waals surface area contributed by atoms with E-state index in [1.54, 1.807) is 23.7 Å². The second kappa shape index (κ2) is 5.95. The van der Waals surface area contributed by atoms with E-state index in [1.807, 2.05) is 20.9 Å². The first kappa shape index (κ1) is 15.0. The van der Waals surface area contributed by atoms with Crippen molar-refractivity contribution in [2.75, 3.05) is 5.32 Å². The molecule has 5 nitrogen and oxygen atoms in total. The number of carbonyl (C=O) groups excluding carboxylic acids is 1. The third-order valence-electron chi connectivity index (χ3n) is 3.44. The van der Waals surface area contributed by atoms with Crippen LogP contribution in [0, 0.1) is 26.6 Å². The predicted molar refractivity (Wildman–Crippen MR) is 79.7 cm³/mol. The molecule has 0 bridgehead atoms. The van der Waals surface area contributed by atoms with Gasteiger partial charge < -0.3 is 10.6 Å². The van der Waals surface area contributed by atoms with Gasteiger partial charge in [-0.3, -0.25) is 4.68 Å². The van der Waals surface area contributed by atoms with Crippen LogP contribution < -0.4 is 10.6 Å². The van der Waals surface area contributed by atoms with Crippen LogP contribution in [0.25, 0.3) is 0 Å². The molecule has 0 radical (unpaired) electrons. The number of hydrogen-bond acceptors (Lipinski definition) is 2. The van der Waals surface area contributed by atoms with Crippen molar-refractivity contribution in [3.8, 4) is 0 Å². The lowest BCUT2D eigenvalue weighted by molar-refractivity contribution is 0.251. The van der Waals surface area contributed by atoms with Crippen LogP contribution in [0.3, 0.4) is 0 Å². The predicted octanol–water partition coefficient (Wildman–Crippen LogP) is 2.81. The average Bonchev–Trinajstić information content (AvgIpc) is 2.67. The van der Waals surface area contributed by atoms with Gasteiger partial charge in [-0.15, -0.1) is 0 Å². The van der Waals surface area contributed by atoms with Crippen molar-refractivity contribution in [1.82, 2.24) is 15.1 Å². The highest BCUT2D eigenvalue weighted by atomic mass is 19.1. The van der Waals surface area contributed by atoms with Gasteiger partial charge in [0.15, 0.2) is 0 Å². The SMILES string of the molecule is Cc1ccc(CNC(=O)Nc2c(C)nn(C)c2C)cc1F. The standard InChI is InChI=1S/C15H19FN4O/c1-9-5-6-12(7-13(9)16)8-17-15(21)18-14-10(2)19-20(4)11(14)3/h5-7H,8H2,1-4H3,(H2,17,18,21). The zero-order chi connectivity index (χ0) is 15.6. The maximum atomic E-state index is 13.4. The Balaban J connectivity index is 1.97. The molecular formula is C15H19FN4O. The van der Waals surface area contributed by atoms with Crippen molar-refractivity contribution in [2.24, 2.45) is 7.05 Å². The van der Waals surface area contributed by atoms with Crippen molar-refractivity contribution in [1.29, 1.82) is 0 Å². The number of rotatable bonds is 3. The normalized spacial score (nSPS) is 10.5. The zero-order valence-corrected chi connectivity index (χ0v) is 12.6. The molecule has 0 saturated heterocycles. The number of aromatic nitrogens is 2. The van der Waals surface area contributed by atoms with E-state index < -0.39 is 0 Å². The number of urea groups is 1. The van der Waals surface area contributed by atoms with Crippen LogP contribution in [0.15, 0.2) is 18.2 Å². The fraction of sp³-hybridized carbons (Fsp3) is 0.333. The summed E-state index contributed by atoms with van der Waals surface area (Å²) in [6.07, 6.45) is 0. The Bertz CT molecular complexity index is 679. The number of halogens is 1. The monoisotopic (exact) mass is 290 g/mol. The Labute approximate surface area is 123 Å². The van der Waals surface area contributed by atoms with E-state index in [0.717, 1.165) is 11.4 Å². The lowest BCUT2D eigenvalue weighted by Gasteiger charge is -2.08. The van der Waals surface area contributed by atoms with E-state index in [0.29, 0.717) is 16.8 Å². The lowest BCUT2D eigenvalue weighted by Crippen LogP contribution is -2.28. The molecule has 0 saturated carbocycles. The highest BCUT2D eigenvalue weighted by Gasteiger charge is 2.12. The van der Waals surface area contributed by atoms with E-state index >= 15 is 0 Å². The highest BCUT2D eigenvalue weighted by Crippen LogP contribution is 2.18. The number of amides is 2. The first-order valence-electron chi connectivity index (χ1n) is 6.68. The molecule has 21 heavy (non-hydrogen) atoms. The zero-order valence-electron chi connectivity index (χ0n) is 12.6. The molecule has 2 amide bonds. The Hall–Kier alpha value is -2.37. The maximum absolute atomic E-state index is 13.4. The first-order valence-corrected chi connectivity index (χ1v) is 6.68. The molecule has 2 N–H and O–H groups in total. The largest absolute Gasteiger partial charge is 0.334 e. The van der Waals surface area contributed by atoms with Gasteiger partial charge in [-0.1, -0.05) is 12.1 Å². The summed E-state index contributed by atoms with van der Waals surface area (Å²) >= 11 is 0. The van der Waals surface area contributed by atoms with Crippen LogP contribution in [-0.4, -0.2) is 15.8 Å². The fourth-order valence-electron chi connectivity index (χ4n) is 2.04. The second-order valence-electron chi connectivity index (χ2n) is 5.06. The summed E-state index contributed by atoms with van der Waals surface area (Å²) in [5.74, 6) is -0.270. The minimum absolute atomic E-state index is 0.265. The molecule has 0 aliphatic heterocycles. The smallest absolute Gasteiger partial charge is 0.319 e. The number of carbonyl (C=O) groups is 1. The van der Waals surface area contributed by atoms with Gasteiger partial charge in [-0.2, -0.15) is 5.10 Å². The van der Waals surface area contributed by atoms with Crippen molar-refractivity contribution >= 4 is 11.7 Å². The molecule has 1 heterocycles. The molecule has 1 aromatic carbocycles. The van der Waals surface area contributed by atoms with Gasteiger partial charge in [0.2, 0.25) is 0 Å². The number of nitrogens with zero attached hydrogens (tertiary/aromatic N) is 2. The van der Waals surface area contributed by atoms with E-state index in [1.165, 1.54) is 6.07 Å². The van der Waals surface area contributed by atoms with Crippen LogP contribution in [-0.2, 0) is 13.6 Å². The third kappa shape index (κ3) is 3.39. The van der Waals surface area contributed by atoms with Crippen LogP contribution >= 0.6 is 0 Å². The van der Waals surface area contributed by atoms with Crippen LogP contribution in [0.5, 0.6) is 0 Å². The summed E-state index contributed by atoms with van der Waals surface area (Å²) in [6, 6.07) is 4.57. The van der Waals surface area contributed by atoms with E-state index in [2.05, 4.69) is 15.7 Å². The van der Waals surface area contributed by atoms with E-state index in [4.69, 9.17) is 0 Å². The van der Waals surface area contributed by atoms with Crippen molar-refractivity contribution < 1.29 is 9.18 Å². The number of aryl methyl sites for hydroxylation is 3. The Morgan fingerprint density at radius 3 is 2.62 bits per heavy atom. The van der Waals surface area contributed by atoms with Crippen LogP contribution in [0.2, 0.25) is 0 Å². The topological polar surface area (TPSA) is 59.0 Å². The second-order valence-corrected chi connectivity index (χ2v) is 5.06. The van der Waals surface area contributed by atoms with Gasteiger partial charge in [0.25, 0.3) is 0 Å². The van der Waals surface area contributed by atoms with Crippen molar-refractivity contribution in [3.05, 3.63) is 46.5 Å². The van der Waals surface area contributed by atoms with Crippen LogP contribution in [0.1, 0.15) is 22.5 Å². The van der Waals surface area contributed by atoms with Gasteiger partial charge in [-0.05, 0) is 38.0 Å². The molecule has 0 spiro atoms. The van der Waals surface area contributed by atoms with Crippen molar-refractivity contribution in [3.63, 3.8) is 0 Å². The van der Waals surface area contributed by atoms with Crippen molar-refractivity contribution in [2.45, 2.75) is 27.3 Å². The lowest BCUT2D eigenvalue weighted by atomic mass is 10.1. The molecule has 1 aromatic heterocycles. The molecule has 0 aliphatic rings. The first-order chi connectivity index (χ1) is 9.88. The molecule has 0 fully saturated rings. The number of benzene rings is 1. The molecule has 112 valence electrons. The van der Waals surface area contributed by atoms with Gasteiger partial charge in [-0.25, -0.2) is 9.18 Å². The van der Waals surface area contributed by atoms with Crippen LogP contribution in [0.4, 0.5) is 14.9 Å². The number of hydrogen-bond donors (Lipinski definition) is 2. The van der Waals surface area contributed by atoms with Gasteiger partial charge in [0.1, 0.15) is 5.82 Å². The molecular weight excluding hydrogens is 271 g/mol. The molecule has 2 aromatic rings. The minimum Gasteiger partial charge on any atom is -0.334 e. The molecule has 0 atom stereocenters. The van der Waals surface area contributed by atoms with Gasteiger partial charge >= 0.3 is 6.03 Å². The summed E-state index contributed by atoms with van der Waals surface area (Å²) in [5.41, 5.74) is 3.64. The minimum atomic E-state index is -0.338. The third-order valence-corrected chi connectivity index (χ3v) is 3.44. The molecule has 0 aliphatic carbocycles. The Morgan fingerprint density at radius 1 is 1.33 bits per heavy atom. The summed E-state index contributed by atoms with van der Waals surface area (Å²) in [4.78, 5) is 11.9. The molecule has 2 rings (SSSR count). The average molecular weight is 290 g/mol. The van der Waals surface area contributed by atoms with Gasteiger partial charge in [0, 0.05) is 13.6 Å². The van der Waals surface area contributed by atoms with Gasteiger partial charge in [0.05, 0.1) is 17.1 Å². The van der Waals surface area contributed by atoms with E-state index in [-0.39, 0.29) is 18.4 Å². The number of anilines is 1. The van der Waals surface area contributed by atoms with E-state index in [9.17, 15) is 9.18 Å². The quantitative estimate of drug-likeness (QED) is 0.913. The Kier molecular flexibility index (Phi) is 4.26. The molecule has 0 unspecified atom stereocenters. The Morgan fingerprint density at radius 2 is 2.05 bits per heavy atom. The summed E-state index contributed by atoms with van der Waals surface area (Å²) in [6.45, 7) is 5.68. The maximum Gasteiger partial charge on any atom is 0.319 e. The summed E-state index contributed by atoms with van der Waals surface area (Å²) < 4.78 is 15.1. The highest BCUT2D eigenvalue weighted by molar-refractivity contribution is 5.90. The number of nitrogens with one attached hydrogen (secondary N) is 2. The summed E-state index contributed by atoms with van der Waals surface area (Å²) in [5, 5.41) is 9.70. The summed E-state index contributed by atoms with van der Waals surface area (Å²) in [7, 11) is 1.82. The molecule has 6 heteroatoms.